The van der Waals surface area contributed by atoms with E-state index in [9.17, 15) is 4.79 Å². The van der Waals surface area contributed by atoms with Crippen molar-refractivity contribution < 1.29 is 4.79 Å². The first-order valence-corrected chi connectivity index (χ1v) is 6.62. The Labute approximate surface area is 114 Å². The van der Waals surface area contributed by atoms with Crippen LogP contribution in [0.4, 0.5) is 11.6 Å². The number of hydrogen-bond acceptors (Lipinski definition) is 5. The highest BCUT2D eigenvalue weighted by Gasteiger charge is 2.17. The zero-order chi connectivity index (χ0) is 14.4. The molecule has 0 aromatic carbocycles. The molecular formula is C13H23N5O. The molecule has 0 fully saturated rings. The van der Waals surface area contributed by atoms with Gasteiger partial charge in [0, 0.05) is 12.1 Å². The van der Waals surface area contributed by atoms with Gasteiger partial charge in [-0.25, -0.2) is 9.97 Å². The predicted octanol–water partition coefficient (Wildman–Crippen LogP) is 1.51. The number of carbonyl (C=O) groups excluding carboxylic acids is 1. The Hall–Kier alpha value is -1.85. The summed E-state index contributed by atoms with van der Waals surface area (Å²) in [6, 6.07) is -0.363. The van der Waals surface area contributed by atoms with Crippen LogP contribution in [-0.2, 0) is 4.79 Å². The third-order valence-electron chi connectivity index (χ3n) is 2.79. The van der Waals surface area contributed by atoms with Gasteiger partial charge >= 0.3 is 0 Å². The van der Waals surface area contributed by atoms with Gasteiger partial charge in [0.15, 0.2) is 0 Å². The SMILES string of the molecule is CCCNC(=O)C(C)Nc1ncnc(N)c1C(C)C. The molecule has 1 aromatic heterocycles. The van der Waals surface area contributed by atoms with Gasteiger partial charge in [-0.1, -0.05) is 20.8 Å². The molecular weight excluding hydrogens is 242 g/mol. The van der Waals surface area contributed by atoms with Crippen LogP contribution in [0.1, 0.15) is 45.6 Å². The molecule has 0 bridgehead atoms. The lowest BCUT2D eigenvalue weighted by atomic mass is 10.0. The number of carbonyl (C=O) groups is 1. The van der Waals surface area contributed by atoms with E-state index in [1.165, 1.54) is 6.33 Å². The fourth-order valence-electron chi connectivity index (χ4n) is 1.77. The van der Waals surface area contributed by atoms with Gasteiger partial charge in [-0.15, -0.1) is 0 Å². The number of rotatable bonds is 6. The highest BCUT2D eigenvalue weighted by Crippen LogP contribution is 2.26. The normalized spacial score (nSPS) is 12.3. The number of nitrogens with two attached hydrogens (primary N) is 1. The fourth-order valence-corrected chi connectivity index (χ4v) is 1.77. The van der Waals surface area contributed by atoms with Crippen molar-refractivity contribution >= 4 is 17.5 Å². The highest BCUT2D eigenvalue weighted by molar-refractivity contribution is 5.84. The van der Waals surface area contributed by atoms with Crippen LogP contribution in [0.25, 0.3) is 0 Å². The average molecular weight is 265 g/mol. The number of anilines is 2. The molecule has 6 nitrogen and oxygen atoms in total. The van der Waals surface area contributed by atoms with E-state index < -0.39 is 0 Å². The fraction of sp³-hybridized carbons (Fsp3) is 0.615. The summed E-state index contributed by atoms with van der Waals surface area (Å²) in [5, 5.41) is 5.94. The van der Waals surface area contributed by atoms with Crippen LogP contribution in [0.5, 0.6) is 0 Å². The lowest BCUT2D eigenvalue weighted by Gasteiger charge is -2.19. The van der Waals surface area contributed by atoms with E-state index in [-0.39, 0.29) is 17.9 Å². The standard InChI is InChI=1S/C13H23N5O/c1-5-6-15-13(19)9(4)18-12-10(8(2)3)11(14)16-7-17-12/h7-9H,5-6H2,1-4H3,(H,15,19)(H3,14,16,17,18). The molecule has 0 aliphatic rings. The summed E-state index contributed by atoms with van der Waals surface area (Å²) in [6.45, 7) is 8.52. The minimum absolute atomic E-state index is 0.0475. The molecule has 1 heterocycles. The maximum absolute atomic E-state index is 11.8. The van der Waals surface area contributed by atoms with Crippen LogP contribution < -0.4 is 16.4 Å². The zero-order valence-corrected chi connectivity index (χ0v) is 12.0. The summed E-state index contributed by atoms with van der Waals surface area (Å²) < 4.78 is 0. The molecule has 0 radical (unpaired) electrons. The second-order valence-electron chi connectivity index (χ2n) is 4.83. The predicted molar refractivity (Wildman–Crippen MR) is 76.9 cm³/mol. The molecule has 0 spiro atoms. The Morgan fingerprint density at radius 1 is 1.37 bits per heavy atom. The molecule has 0 aliphatic carbocycles. The molecule has 1 unspecified atom stereocenters. The van der Waals surface area contributed by atoms with Gasteiger partial charge in [-0.3, -0.25) is 4.79 Å². The average Bonchev–Trinajstić information content (AvgIpc) is 2.35. The molecule has 1 aromatic rings. The summed E-state index contributed by atoms with van der Waals surface area (Å²) in [5.41, 5.74) is 6.71. The molecule has 4 N–H and O–H groups in total. The lowest BCUT2D eigenvalue weighted by molar-refractivity contribution is -0.121. The van der Waals surface area contributed by atoms with Crippen molar-refractivity contribution in [2.24, 2.45) is 0 Å². The topological polar surface area (TPSA) is 92.9 Å². The van der Waals surface area contributed by atoms with Gasteiger partial charge in [-0.2, -0.15) is 0 Å². The summed E-state index contributed by atoms with van der Waals surface area (Å²) in [6.07, 6.45) is 2.32. The van der Waals surface area contributed by atoms with E-state index in [2.05, 4.69) is 20.6 Å². The minimum Gasteiger partial charge on any atom is -0.383 e. The smallest absolute Gasteiger partial charge is 0.242 e. The van der Waals surface area contributed by atoms with Crippen LogP contribution in [0.15, 0.2) is 6.33 Å². The van der Waals surface area contributed by atoms with E-state index in [0.717, 1.165) is 12.0 Å². The van der Waals surface area contributed by atoms with Gasteiger partial charge in [0.25, 0.3) is 0 Å². The number of hydrogen-bond donors (Lipinski definition) is 3. The zero-order valence-electron chi connectivity index (χ0n) is 12.0. The van der Waals surface area contributed by atoms with Gasteiger partial charge < -0.3 is 16.4 Å². The van der Waals surface area contributed by atoms with E-state index in [0.29, 0.717) is 18.2 Å². The molecule has 0 saturated carbocycles. The monoisotopic (exact) mass is 265 g/mol. The van der Waals surface area contributed by atoms with Crippen molar-refractivity contribution in [3.8, 4) is 0 Å². The summed E-state index contributed by atoms with van der Waals surface area (Å²) >= 11 is 0. The molecule has 19 heavy (non-hydrogen) atoms. The van der Waals surface area contributed by atoms with Crippen molar-refractivity contribution in [2.45, 2.75) is 46.1 Å². The maximum atomic E-state index is 11.8. The minimum atomic E-state index is -0.363. The van der Waals surface area contributed by atoms with Crippen LogP contribution in [0.2, 0.25) is 0 Å². The van der Waals surface area contributed by atoms with E-state index in [4.69, 9.17) is 5.73 Å². The highest BCUT2D eigenvalue weighted by atomic mass is 16.2. The molecule has 1 rings (SSSR count). The Morgan fingerprint density at radius 3 is 2.63 bits per heavy atom. The Morgan fingerprint density at radius 2 is 2.05 bits per heavy atom. The number of nitrogens with zero attached hydrogens (tertiary/aromatic N) is 2. The second kappa shape index (κ2) is 6.92. The van der Waals surface area contributed by atoms with Gasteiger partial charge in [0.2, 0.25) is 5.91 Å². The van der Waals surface area contributed by atoms with Gasteiger partial charge in [0.1, 0.15) is 24.0 Å². The van der Waals surface area contributed by atoms with Crippen molar-refractivity contribution in [3.05, 3.63) is 11.9 Å². The molecule has 6 heteroatoms. The molecule has 0 saturated heterocycles. The number of aromatic nitrogens is 2. The van der Waals surface area contributed by atoms with E-state index in [1.807, 2.05) is 20.8 Å². The first-order valence-electron chi connectivity index (χ1n) is 6.62. The van der Waals surface area contributed by atoms with Crippen LogP contribution in [0.3, 0.4) is 0 Å². The molecule has 0 aliphatic heterocycles. The van der Waals surface area contributed by atoms with E-state index in [1.54, 1.807) is 6.92 Å². The first kappa shape index (κ1) is 15.2. The third-order valence-corrected chi connectivity index (χ3v) is 2.79. The molecule has 1 atom stereocenters. The quantitative estimate of drug-likeness (QED) is 0.725. The summed E-state index contributed by atoms with van der Waals surface area (Å²) in [5.74, 6) is 1.22. The first-order chi connectivity index (χ1) is 8.97. The summed E-state index contributed by atoms with van der Waals surface area (Å²) in [7, 11) is 0. The Kier molecular flexibility index (Phi) is 5.54. The van der Waals surface area contributed by atoms with Crippen molar-refractivity contribution in [2.75, 3.05) is 17.6 Å². The van der Waals surface area contributed by atoms with Crippen molar-refractivity contribution in [1.29, 1.82) is 0 Å². The van der Waals surface area contributed by atoms with Gasteiger partial charge in [0.05, 0.1) is 0 Å². The largest absolute Gasteiger partial charge is 0.383 e. The summed E-state index contributed by atoms with van der Waals surface area (Å²) in [4.78, 5) is 20.0. The van der Waals surface area contributed by atoms with Crippen LogP contribution in [-0.4, -0.2) is 28.5 Å². The molecule has 1 amide bonds. The Balaban J connectivity index is 2.82. The number of amides is 1. The lowest BCUT2D eigenvalue weighted by Crippen LogP contribution is -2.38. The number of nitrogen functional groups attached to an aromatic ring is 1. The van der Waals surface area contributed by atoms with Crippen molar-refractivity contribution in [1.82, 2.24) is 15.3 Å². The van der Waals surface area contributed by atoms with Crippen LogP contribution >= 0.6 is 0 Å². The second-order valence-corrected chi connectivity index (χ2v) is 4.83. The van der Waals surface area contributed by atoms with E-state index >= 15 is 0 Å². The Bertz CT molecular complexity index is 433. The maximum Gasteiger partial charge on any atom is 0.242 e. The van der Waals surface area contributed by atoms with Gasteiger partial charge in [-0.05, 0) is 19.3 Å². The van der Waals surface area contributed by atoms with Crippen molar-refractivity contribution in [3.63, 3.8) is 0 Å². The molecule has 106 valence electrons. The number of nitrogens with one attached hydrogen (secondary N) is 2. The third kappa shape index (κ3) is 4.08. The van der Waals surface area contributed by atoms with Crippen LogP contribution in [0, 0.1) is 0 Å².